The van der Waals surface area contributed by atoms with Crippen LogP contribution in [0.5, 0.6) is 0 Å². The third-order valence-corrected chi connectivity index (χ3v) is 6.08. The zero-order valence-corrected chi connectivity index (χ0v) is 15.3. The van der Waals surface area contributed by atoms with Crippen LogP contribution < -0.4 is 0 Å². The molecule has 1 aliphatic carbocycles. The van der Waals surface area contributed by atoms with Crippen molar-refractivity contribution in [2.45, 2.75) is 64.8 Å². The number of aromatic nitrogens is 2. The second-order valence-electron chi connectivity index (χ2n) is 7.70. The smallest absolute Gasteiger partial charge is 0.254 e. The maximum atomic E-state index is 13.2. The third kappa shape index (κ3) is 3.14. The molecule has 132 valence electrons. The Morgan fingerprint density at radius 3 is 2.44 bits per heavy atom. The number of carbonyl (C=O) groups is 1. The van der Waals surface area contributed by atoms with Gasteiger partial charge in [-0.05, 0) is 63.6 Å². The maximum Gasteiger partial charge on any atom is 0.254 e. The van der Waals surface area contributed by atoms with Gasteiger partial charge in [-0.15, -0.1) is 0 Å². The summed E-state index contributed by atoms with van der Waals surface area (Å²) < 4.78 is 0. The highest BCUT2D eigenvalue weighted by molar-refractivity contribution is 5.97. The van der Waals surface area contributed by atoms with Crippen molar-refractivity contribution in [2.24, 2.45) is 5.92 Å². The number of hydrogen-bond donors (Lipinski definition) is 0. The van der Waals surface area contributed by atoms with Crippen molar-refractivity contribution >= 4 is 16.9 Å². The number of nitrogens with zero attached hydrogens (tertiary/aromatic N) is 3. The molecule has 0 radical (unpaired) electrons. The van der Waals surface area contributed by atoms with Gasteiger partial charge in [-0.2, -0.15) is 0 Å². The van der Waals surface area contributed by atoms with Crippen LogP contribution in [0, 0.1) is 19.8 Å². The van der Waals surface area contributed by atoms with E-state index in [1.54, 1.807) is 0 Å². The summed E-state index contributed by atoms with van der Waals surface area (Å²) in [6, 6.07) is 6.22. The number of hydrogen-bond acceptors (Lipinski definition) is 3. The van der Waals surface area contributed by atoms with E-state index in [0.717, 1.165) is 41.0 Å². The van der Waals surface area contributed by atoms with Crippen molar-refractivity contribution in [1.82, 2.24) is 14.9 Å². The van der Waals surface area contributed by atoms with Gasteiger partial charge in [0, 0.05) is 18.2 Å². The fourth-order valence-electron chi connectivity index (χ4n) is 4.58. The fourth-order valence-corrected chi connectivity index (χ4v) is 4.58. The molecular weight excluding hydrogens is 310 g/mol. The van der Waals surface area contributed by atoms with Crippen LogP contribution in [0.2, 0.25) is 0 Å². The van der Waals surface area contributed by atoms with Gasteiger partial charge in [0.2, 0.25) is 0 Å². The average molecular weight is 337 g/mol. The summed E-state index contributed by atoms with van der Waals surface area (Å²) in [6.45, 7) is 4.84. The minimum atomic E-state index is 0.176. The predicted molar refractivity (Wildman–Crippen MR) is 99.6 cm³/mol. The Balaban J connectivity index is 1.61. The molecule has 2 fully saturated rings. The lowest BCUT2D eigenvalue weighted by Gasteiger charge is -2.34. The van der Waals surface area contributed by atoms with E-state index in [0.29, 0.717) is 12.0 Å². The van der Waals surface area contributed by atoms with E-state index in [1.165, 1.54) is 38.5 Å². The molecular formula is C21H27N3O. The molecule has 2 aromatic rings. The molecule has 4 nitrogen and oxygen atoms in total. The molecule has 1 saturated carbocycles. The highest BCUT2D eigenvalue weighted by Crippen LogP contribution is 2.35. The van der Waals surface area contributed by atoms with Crippen molar-refractivity contribution in [1.29, 1.82) is 0 Å². The highest BCUT2D eigenvalue weighted by atomic mass is 16.2. The van der Waals surface area contributed by atoms with Crippen molar-refractivity contribution in [3.05, 3.63) is 35.2 Å². The van der Waals surface area contributed by atoms with Gasteiger partial charge in [-0.1, -0.05) is 19.3 Å². The predicted octanol–water partition coefficient (Wildman–Crippen LogP) is 4.43. The Morgan fingerprint density at radius 1 is 0.960 bits per heavy atom. The van der Waals surface area contributed by atoms with Crippen LogP contribution in [0.25, 0.3) is 11.0 Å². The minimum absolute atomic E-state index is 0.176. The van der Waals surface area contributed by atoms with Crippen LogP contribution in [0.1, 0.15) is 66.7 Å². The van der Waals surface area contributed by atoms with Gasteiger partial charge in [-0.25, -0.2) is 9.97 Å². The van der Waals surface area contributed by atoms with Crippen LogP contribution >= 0.6 is 0 Å². The fraction of sp³-hybridized carbons (Fsp3) is 0.571. The largest absolute Gasteiger partial charge is 0.335 e. The van der Waals surface area contributed by atoms with Crippen molar-refractivity contribution < 1.29 is 4.79 Å². The zero-order chi connectivity index (χ0) is 17.4. The number of fused-ring (bicyclic) bond motifs is 1. The topological polar surface area (TPSA) is 46.1 Å². The Morgan fingerprint density at radius 2 is 1.68 bits per heavy atom. The second-order valence-corrected chi connectivity index (χ2v) is 7.70. The first-order chi connectivity index (χ1) is 12.1. The molecule has 1 saturated heterocycles. The molecule has 2 heterocycles. The van der Waals surface area contributed by atoms with E-state index in [-0.39, 0.29) is 5.91 Å². The van der Waals surface area contributed by atoms with Crippen LogP contribution in [0.15, 0.2) is 18.2 Å². The van der Waals surface area contributed by atoms with E-state index >= 15 is 0 Å². The molecule has 0 bridgehead atoms. The Kier molecular flexibility index (Phi) is 4.45. The monoisotopic (exact) mass is 337 g/mol. The summed E-state index contributed by atoms with van der Waals surface area (Å²) in [5.41, 5.74) is 4.32. The van der Waals surface area contributed by atoms with Crippen LogP contribution in [-0.2, 0) is 0 Å². The lowest BCUT2D eigenvalue weighted by molar-refractivity contribution is 0.0661. The minimum Gasteiger partial charge on any atom is -0.335 e. The summed E-state index contributed by atoms with van der Waals surface area (Å²) in [5.74, 6) is 0.875. The van der Waals surface area contributed by atoms with E-state index in [4.69, 9.17) is 0 Å². The summed E-state index contributed by atoms with van der Waals surface area (Å²) >= 11 is 0. The summed E-state index contributed by atoms with van der Waals surface area (Å²) in [5, 5.41) is 0. The van der Waals surface area contributed by atoms with E-state index < -0.39 is 0 Å². The molecule has 0 unspecified atom stereocenters. The maximum absolute atomic E-state index is 13.2. The number of aryl methyl sites for hydroxylation is 2. The van der Waals surface area contributed by atoms with E-state index in [2.05, 4.69) is 14.9 Å². The number of rotatable bonds is 2. The Hall–Kier alpha value is -1.97. The standard InChI is InChI=1S/C21H27N3O/c1-14-15(2)23-19-13-17(10-11-18(19)22-14)21(25)24-12-6-9-20(24)16-7-4-3-5-8-16/h10-11,13,16,20H,3-9,12H2,1-2H3/t20-/m0/s1. The second kappa shape index (κ2) is 6.74. The zero-order valence-electron chi connectivity index (χ0n) is 15.3. The first-order valence-corrected chi connectivity index (χ1v) is 9.69. The van der Waals surface area contributed by atoms with Gasteiger partial charge in [0.05, 0.1) is 22.4 Å². The molecule has 4 rings (SSSR count). The van der Waals surface area contributed by atoms with E-state index in [9.17, 15) is 4.79 Å². The normalized spacial score (nSPS) is 21.8. The molecule has 1 aromatic carbocycles. The quantitative estimate of drug-likeness (QED) is 0.814. The SMILES string of the molecule is Cc1nc2ccc(C(=O)N3CCC[C@H]3C3CCCCC3)cc2nc1C. The molecule has 1 aliphatic heterocycles. The molecule has 1 atom stereocenters. The lowest BCUT2D eigenvalue weighted by atomic mass is 9.83. The summed E-state index contributed by atoms with van der Waals surface area (Å²) in [6.07, 6.45) is 8.90. The average Bonchev–Trinajstić information content (AvgIpc) is 3.12. The molecule has 0 N–H and O–H groups in total. The van der Waals surface area contributed by atoms with E-state index in [1.807, 2.05) is 32.0 Å². The first kappa shape index (κ1) is 16.5. The Bertz CT molecular complexity index is 795. The number of benzene rings is 1. The van der Waals surface area contributed by atoms with Crippen molar-refractivity contribution in [3.8, 4) is 0 Å². The molecule has 1 aromatic heterocycles. The Labute approximate surface area is 149 Å². The van der Waals surface area contributed by atoms with Crippen LogP contribution in [0.3, 0.4) is 0 Å². The van der Waals surface area contributed by atoms with Gasteiger partial charge in [0.25, 0.3) is 5.91 Å². The van der Waals surface area contributed by atoms with Gasteiger partial charge < -0.3 is 4.90 Å². The molecule has 2 aliphatic rings. The van der Waals surface area contributed by atoms with Gasteiger partial charge in [0.1, 0.15) is 0 Å². The van der Waals surface area contributed by atoms with Crippen molar-refractivity contribution in [2.75, 3.05) is 6.54 Å². The van der Waals surface area contributed by atoms with Crippen LogP contribution in [0.4, 0.5) is 0 Å². The number of carbonyl (C=O) groups excluding carboxylic acids is 1. The lowest BCUT2D eigenvalue weighted by Crippen LogP contribution is -2.40. The molecule has 25 heavy (non-hydrogen) atoms. The number of likely N-dealkylation sites (tertiary alicyclic amines) is 1. The van der Waals surface area contributed by atoms with Crippen LogP contribution in [-0.4, -0.2) is 33.4 Å². The highest BCUT2D eigenvalue weighted by Gasteiger charge is 2.35. The van der Waals surface area contributed by atoms with Gasteiger partial charge >= 0.3 is 0 Å². The molecule has 1 amide bonds. The van der Waals surface area contributed by atoms with Gasteiger partial charge in [0.15, 0.2) is 0 Å². The summed E-state index contributed by atoms with van der Waals surface area (Å²) in [7, 11) is 0. The molecule has 4 heteroatoms. The van der Waals surface area contributed by atoms with Crippen molar-refractivity contribution in [3.63, 3.8) is 0 Å². The molecule has 0 spiro atoms. The van der Waals surface area contributed by atoms with Gasteiger partial charge in [-0.3, -0.25) is 4.79 Å². The third-order valence-electron chi connectivity index (χ3n) is 6.08. The first-order valence-electron chi connectivity index (χ1n) is 9.69. The number of amides is 1. The summed E-state index contributed by atoms with van der Waals surface area (Å²) in [4.78, 5) is 24.5.